The zero-order valence-corrected chi connectivity index (χ0v) is 13.5. The van der Waals surface area contributed by atoms with Gasteiger partial charge in [0.1, 0.15) is 0 Å². The maximum Gasteiger partial charge on any atom is 0.241 e. The smallest absolute Gasteiger partial charge is 0.241 e. The van der Waals surface area contributed by atoms with E-state index in [1.54, 1.807) is 0 Å². The van der Waals surface area contributed by atoms with Crippen molar-refractivity contribution in [3.8, 4) is 0 Å². The number of carbonyl (C=O) groups is 1. The number of carbonyl (C=O) groups excluding carboxylic acids is 1. The molecule has 0 radical (unpaired) electrons. The molecule has 0 saturated carbocycles. The van der Waals surface area contributed by atoms with Crippen LogP contribution in [0.4, 0.5) is 0 Å². The molecule has 0 aliphatic carbocycles. The van der Waals surface area contributed by atoms with Crippen LogP contribution in [0, 0.1) is 0 Å². The van der Waals surface area contributed by atoms with E-state index in [9.17, 15) is 4.79 Å². The third-order valence-corrected chi connectivity index (χ3v) is 4.26. The minimum Gasteiger partial charge on any atom is -0.324 e. The summed E-state index contributed by atoms with van der Waals surface area (Å²) in [5.74, 6) is 0.287. The molecule has 1 saturated heterocycles. The first kappa shape index (κ1) is 16.4. The topological polar surface area (TPSA) is 35.6 Å². The van der Waals surface area contributed by atoms with Crippen molar-refractivity contribution >= 4 is 5.91 Å². The molecule has 1 heterocycles. The van der Waals surface area contributed by atoms with Crippen molar-refractivity contribution in [2.24, 2.45) is 0 Å². The summed E-state index contributed by atoms with van der Waals surface area (Å²) >= 11 is 0. The molecule has 4 nitrogen and oxygen atoms in total. The Morgan fingerprint density at radius 2 is 1.79 bits per heavy atom. The van der Waals surface area contributed by atoms with Gasteiger partial charge in [-0.2, -0.15) is 0 Å². The van der Waals surface area contributed by atoms with Gasteiger partial charge in [-0.1, -0.05) is 26.7 Å². The Labute approximate surface area is 118 Å². The molecule has 4 heteroatoms. The van der Waals surface area contributed by atoms with Crippen LogP contribution in [-0.4, -0.2) is 54.1 Å². The molecule has 0 aromatic rings. The van der Waals surface area contributed by atoms with Crippen LogP contribution in [-0.2, 0) is 4.79 Å². The van der Waals surface area contributed by atoms with Crippen LogP contribution in [0.15, 0.2) is 0 Å². The molecule has 0 aromatic carbocycles. The van der Waals surface area contributed by atoms with E-state index in [1.165, 1.54) is 0 Å². The molecule has 2 unspecified atom stereocenters. The number of nitrogens with one attached hydrogen (secondary N) is 1. The second kappa shape index (κ2) is 6.71. The first-order valence-corrected chi connectivity index (χ1v) is 7.57. The van der Waals surface area contributed by atoms with Gasteiger partial charge < -0.3 is 9.80 Å². The Morgan fingerprint density at radius 1 is 1.21 bits per heavy atom. The van der Waals surface area contributed by atoms with Crippen molar-refractivity contribution in [3.05, 3.63) is 0 Å². The van der Waals surface area contributed by atoms with E-state index < -0.39 is 0 Å². The van der Waals surface area contributed by atoms with Gasteiger partial charge in [0.2, 0.25) is 5.91 Å². The summed E-state index contributed by atoms with van der Waals surface area (Å²) in [7, 11) is 4.15. The van der Waals surface area contributed by atoms with Gasteiger partial charge in [0.25, 0.3) is 0 Å². The van der Waals surface area contributed by atoms with Gasteiger partial charge >= 0.3 is 0 Å². The quantitative estimate of drug-likeness (QED) is 0.768. The molecule has 2 atom stereocenters. The highest BCUT2D eigenvalue weighted by atomic mass is 16.2. The lowest BCUT2D eigenvalue weighted by Gasteiger charge is -2.38. The number of likely N-dealkylation sites (N-methyl/N-ethyl adjacent to an activating group) is 1. The lowest BCUT2D eigenvalue weighted by atomic mass is 10.0. The minimum absolute atomic E-state index is 0.00440. The number of amides is 1. The summed E-state index contributed by atoms with van der Waals surface area (Å²) in [5, 5.41) is 3.51. The van der Waals surface area contributed by atoms with Gasteiger partial charge in [-0.15, -0.1) is 0 Å². The Bertz CT molecular complexity index is 302. The van der Waals surface area contributed by atoms with Gasteiger partial charge in [0.15, 0.2) is 0 Å². The number of rotatable bonds is 7. The maximum atomic E-state index is 12.5. The van der Waals surface area contributed by atoms with Crippen molar-refractivity contribution in [3.63, 3.8) is 0 Å². The SMILES string of the molecule is CCCC1NC(CCC)N(CC(C)(C)N(C)C)C1=O. The van der Waals surface area contributed by atoms with Crippen molar-refractivity contribution < 1.29 is 4.79 Å². The van der Waals surface area contributed by atoms with Crippen LogP contribution in [0.3, 0.4) is 0 Å². The third kappa shape index (κ3) is 3.93. The van der Waals surface area contributed by atoms with Gasteiger partial charge in [-0.25, -0.2) is 0 Å². The monoisotopic (exact) mass is 269 g/mol. The molecule has 1 aliphatic rings. The molecule has 0 aromatic heterocycles. The fourth-order valence-corrected chi connectivity index (χ4v) is 2.50. The predicted molar refractivity (Wildman–Crippen MR) is 80.0 cm³/mol. The molecule has 19 heavy (non-hydrogen) atoms. The standard InChI is InChI=1S/C15H31N3O/c1-7-9-12-14(19)18(13(16-12)10-8-2)11-15(3,4)17(5)6/h12-13,16H,7-11H2,1-6H3. The fraction of sp³-hybridized carbons (Fsp3) is 0.933. The Morgan fingerprint density at radius 3 is 2.26 bits per heavy atom. The lowest BCUT2D eigenvalue weighted by molar-refractivity contribution is -0.131. The van der Waals surface area contributed by atoms with E-state index in [2.05, 4.69) is 56.9 Å². The fourth-order valence-electron chi connectivity index (χ4n) is 2.50. The van der Waals surface area contributed by atoms with Crippen LogP contribution in [0.1, 0.15) is 53.4 Å². The van der Waals surface area contributed by atoms with E-state index >= 15 is 0 Å². The highest BCUT2D eigenvalue weighted by Gasteiger charge is 2.40. The average Bonchev–Trinajstić information content (AvgIpc) is 2.58. The normalized spacial score (nSPS) is 24.6. The van der Waals surface area contributed by atoms with Crippen molar-refractivity contribution in [1.29, 1.82) is 0 Å². The third-order valence-electron chi connectivity index (χ3n) is 4.26. The van der Waals surface area contributed by atoms with Crippen LogP contribution >= 0.6 is 0 Å². The van der Waals surface area contributed by atoms with Crippen LogP contribution < -0.4 is 5.32 Å². The van der Waals surface area contributed by atoms with E-state index in [4.69, 9.17) is 0 Å². The summed E-state index contributed by atoms with van der Waals surface area (Å²) in [6, 6.07) is 0.0273. The van der Waals surface area contributed by atoms with Crippen LogP contribution in [0.2, 0.25) is 0 Å². The van der Waals surface area contributed by atoms with Crippen LogP contribution in [0.5, 0.6) is 0 Å². The van der Waals surface area contributed by atoms with Gasteiger partial charge in [-0.05, 0) is 40.8 Å². The van der Waals surface area contributed by atoms with E-state index in [-0.39, 0.29) is 23.7 Å². The maximum absolute atomic E-state index is 12.5. The van der Waals surface area contributed by atoms with Gasteiger partial charge in [0.05, 0.1) is 12.2 Å². The Balaban J connectivity index is 2.79. The van der Waals surface area contributed by atoms with Gasteiger partial charge in [0, 0.05) is 12.1 Å². The summed E-state index contributed by atoms with van der Waals surface area (Å²) in [5.41, 5.74) is 0.00440. The highest BCUT2D eigenvalue weighted by Crippen LogP contribution is 2.22. The highest BCUT2D eigenvalue weighted by molar-refractivity contribution is 5.84. The molecule has 112 valence electrons. The second-order valence-electron chi connectivity index (χ2n) is 6.49. The summed E-state index contributed by atoms with van der Waals surface area (Å²) < 4.78 is 0. The number of hydrogen-bond donors (Lipinski definition) is 1. The largest absolute Gasteiger partial charge is 0.324 e. The zero-order chi connectivity index (χ0) is 14.6. The van der Waals surface area contributed by atoms with Gasteiger partial charge in [-0.3, -0.25) is 10.1 Å². The van der Waals surface area contributed by atoms with Crippen molar-refractivity contribution in [2.45, 2.75) is 71.1 Å². The molecule has 0 bridgehead atoms. The first-order chi connectivity index (χ1) is 8.83. The molecule has 1 amide bonds. The van der Waals surface area contributed by atoms with Crippen LogP contribution in [0.25, 0.3) is 0 Å². The minimum atomic E-state index is 0.00440. The summed E-state index contributed by atoms with van der Waals surface area (Å²) in [6.07, 6.45) is 4.34. The molecule has 1 aliphatic heterocycles. The molecule has 0 spiro atoms. The molecular weight excluding hydrogens is 238 g/mol. The Hall–Kier alpha value is -0.610. The summed E-state index contributed by atoms with van der Waals surface area (Å²) in [4.78, 5) is 16.8. The average molecular weight is 269 g/mol. The number of hydrogen-bond acceptors (Lipinski definition) is 3. The Kier molecular flexibility index (Phi) is 5.81. The molecule has 1 fully saturated rings. The zero-order valence-electron chi connectivity index (χ0n) is 13.5. The van der Waals surface area contributed by atoms with E-state index in [0.717, 1.165) is 32.2 Å². The molecular formula is C15H31N3O. The number of nitrogens with zero attached hydrogens (tertiary/aromatic N) is 2. The summed E-state index contributed by atoms with van der Waals surface area (Å²) in [6.45, 7) is 9.48. The molecule has 1 N–H and O–H groups in total. The second-order valence-corrected chi connectivity index (χ2v) is 6.49. The first-order valence-electron chi connectivity index (χ1n) is 7.57. The van der Waals surface area contributed by atoms with Crippen molar-refractivity contribution in [2.75, 3.05) is 20.6 Å². The predicted octanol–water partition coefficient (Wildman–Crippen LogP) is 2.05. The lowest BCUT2D eigenvalue weighted by Crippen LogP contribution is -2.51. The van der Waals surface area contributed by atoms with E-state index in [0.29, 0.717) is 0 Å². The van der Waals surface area contributed by atoms with E-state index in [1.807, 2.05) is 0 Å². The molecule has 1 rings (SSSR count). The van der Waals surface area contributed by atoms with Crippen molar-refractivity contribution in [1.82, 2.24) is 15.1 Å².